The number of phenols is 2. The minimum absolute atomic E-state index is 0.414. The quantitative estimate of drug-likeness (QED) is 0.681. The first-order chi connectivity index (χ1) is 10.3. The Labute approximate surface area is 127 Å². The summed E-state index contributed by atoms with van der Waals surface area (Å²) in [4.78, 5) is 0. The number of phenolic OH excluding ortho intramolecular Hbond substituents is 2. The van der Waals surface area contributed by atoms with Crippen LogP contribution in [0.5, 0.6) is 11.5 Å². The molecule has 21 heavy (non-hydrogen) atoms. The van der Waals surface area contributed by atoms with Gasteiger partial charge >= 0.3 is 0 Å². The van der Waals surface area contributed by atoms with E-state index in [9.17, 15) is 10.2 Å². The van der Waals surface area contributed by atoms with Crippen LogP contribution in [-0.4, -0.2) is 10.2 Å². The molecule has 0 aromatic heterocycles. The van der Waals surface area contributed by atoms with Crippen molar-refractivity contribution in [3.8, 4) is 11.5 Å². The third-order valence-electron chi connectivity index (χ3n) is 3.88. The van der Waals surface area contributed by atoms with Crippen LogP contribution in [0.4, 0.5) is 0 Å². The first-order valence-corrected chi connectivity index (χ1v) is 7.81. The summed E-state index contributed by atoms with van der Waals surface area (Å²) in [5.74, 6) is 0.828. The molecule has 0 saturated carbocycles. The molecule has 2 heteroatoms. The van der Waals surface area contributed by atoms with E-state index in [1.807, 2.05) is 36.4 Å². The average Bonchev–Trinajstić information content (AvgIpc) is 2.50. The second-order valence-electron chi connectivity index (χ2n) is 5.53. The van der Waals surface area contributed by atoms with E-state index < -0.39 is 0 Å². The van der Waals surface area contributed by atoms with Gasteiger partial charge in [-0.25, -0.2) is 0 Å². The van der Waals surface area contributed by atoms with Gasteiger partial charge in [-0.2, -0.15) is 0 Å². The second kappa shape index (κ2) is 8.35. The number of aryl methyl sites for hydroxylation is 2. The fraction of sp³-hybridized carbons (Fsp3) is 0.368. The minimum atomic E-state index is 0.414. The van der Waals surface area contributed by atoms with E-state index in [1.165, 1.54) is 19.3 Å². The van der Waals surface area contributed by atoms with Crippen molar-refractivity contribution in [1.29, 1.82) is 0 Å². The van der Waals surface area contributed by atoms with Gasteiger partial charge in [0.05, 0.1) is 0 Å². The van der Waals surface area contributed by atoms with Crippen molar-refractivity contribution >= 4 is 0 Å². The summed E-state index contributed by atoms with van der Waals surface area (Å²) in [5.41, 5.74) is 2.10. The van der Waals surface area contributed by atoms with Crippen LogP contribution in [0, 0.1) is 0 Å². The Bertz CT molecular complexity index is 499. The van der Waals surface area contributed by atoms with E-state index in [-0.39, 0.29) is 0 Å². The van der Waals surface area contributed by atoms with Crippen molar-refractivity contribution in [3.05, 3.63) is 59.7 Å². The summed E-state index contributed by atoms with van der Waals surface area (Å²) in [6.45, 7) is 0. The van der Waals surface area contributed by atoms with E-state index in [4.69, 9.17) is 0 Å². The molecule has 2 nitrogen and oxygen atoms in total. The molecular formula is C19H24O2. The SMILES string of the molecule is Oc1ccccc1CCCCCCCc1ccccc1O. The first kappa shape index (κ1) is 15.4. The first-order valence-electron chi connectivity index (χ1n) is 7.81. The lowest BCUT2D eigenvalue weighted by Crippen LogP contribution is -1.89. The van der Waals surface area contributed by atoms with Crippen LogP contribution in [-0.2, 0) is 12.8 Å². The maximum atomic E-state index is 9.68. The number of hydrogen-bond acceptors (Lipinski definition) is 2. The van der Waals surface area contributed by atoms with Gasteiger partial charge in [-0.05, 0) is 48.9 Å². The molecule has 0 aliphatic carbocycles. The van der Waals surface area contributed by atoms with Gasteiger partial charge in [-0.3, -0.25) is 0 Å². The van der Waals surface area contributed by atoms with Gasteiger partial charge in [0, 0.05) is 0 Å². The van der Waals surface area contributed by atoms with Crippen molar-refractivity contribution in [2.24, 2.45) is 0 Å². The molecular weight excluding hydrogens is 260 g/mol. The zero-order valence-corrected chi connectivity index (χ0v) is 12.5. The molecule has 0 aliphatic heterocycles. The van der Waals surface area contributed by atoms with Crippen LogP contribution in [0.3, 0.4) is 0 Å². The number of aromatic hydroxyl groups is 2. The number of para-hydroxylation sites is 2. The number of hydrogen-bond donors (Lipinski definition) is 2. The van der Waals surface area contributed by atoms with Gasteiger partial charge in [-0.15, -0.1) is 0 Å². The van der Waals surface area contributed by atoms with Gasteiger partial charge < -0.3 is 10.2 Å². The Morgan fingerprint density at radius 3 is 1.33 bits per heavy atom. The molecule has 0 bridgehead atoms. The van der Waals surface area contributed by atoms with Gasteiger partial charge in [0.1, 0.15) is 11.5 Å². The highest BCUT2D eigenvalue weighted by molar-refractivity contribution is 5.32. The molecule has 0 atom stereocenters. The highest BCUT2D eigenvalue weighted by atomic mass is 16.3. The van der Waals surface area contributed by atoms with Crippen LogP contribution in [0.2, 0.25) is 0 Å². The van der Waals surface area contributed by atoms with E-state index in [2.05, 4.69) is 0 Å². The molecule has 112 valence electrons. The molecule has 0 fully saturated rings. The third-order valence-corrected chi connectivity index (χ3v) is 3.88. The highest BCUT2D eigenvalue weighted by Gasteiger charge is 2.01. The van der Waals surface area contributed by atoms with Crippen LogP contribution in [0.1, 0.15) is 43.2 Å². The zero-order chi connectivity index (χ0) is 14.9. The molecule has 0 unspecified atom stereocenters. The maximum Gasteiger partial charge on any atom is 0.118 e. The zero-order valence-electron chi connectivity index (χ0n) is 12.5. The Hall–Kier alpha value is -1.96. The summed E-state index contributed by atoms with van der Waals surface area (Å²) in [7, 11) is 0. The summed E-state index contributed by atoms with van der Waals surface area (Å²) >= 11 is 0. The van der Waals surface area contributed by atoms with Gasteiger partial charge in [0.25, 0.3) is 0 Å². The molecule has 0 aliphatic rings. The summed E-state index contributed by atoms with van der Waals surface area (Å²) in [6.07, 6.45) is 7.73. The van der Waals surface area contributed by atoms with Gasteiger partial charge in [0.2, 0.25) is 0 Å². The van der Waals surface area contributed by atoms with Gasteiger partial charge in [0.15, 0.2) is 0 Å². The van der Waals surface area contributed by atoms with Crippen LogP contribution < -0.4 is 0 Å². The number of benzene rings is 2. The lowest BCUT2D eigenvalue weighted by molar-refractivity contribution is 0.465. The number of unbranched alkanes of at least 4 members (excludes halogenated alkanes) is 4. The molecule has 2 aromatic rings. The average molecular weight is 284 g/mol. The molecule has 0 radical (unpaired) electrons. The third kappa shape index (κ3) is 5.14. The van der Waals surface area contributed by atoms with E-state index >= 15 is 0 Å². The lowest BCUT2D eigenvalue weighted by Gasteiger charge is -2.05. The Balaban J connectivity index is 1.57. The van der Waals surface area contributed by atoms with E-state index in [0.29, 0.717) is 11.5 Å². The topological polar surface area (TPSA) is 40.5 Å². The van der Waals surface area contributed by atoms with Gasteiger partial charge in [-0.1, -0.05) is 55.7 Å². The molecule has 0 amide bonds. The molecule has 0 spiro atoms. The maximum absolute atomic E-state index is 9.68. The fourth-order valence-corrected chi connectivity index (χ4v) is 2.61. The largest absolute Gasteiger partial charge is 0.508 e. The standard InChI is InChI=1S/C19H24O2/c20-18-14-8-6-12-16(18)10-4-2-1-3-5-11-17-13-7-9-15-19(17)21/h6-9,12-15,20-21H,1-5,10-11H2. The Morgan fingerprint density at radius 2 is 0.905 bits per heavy atom. The van der Waals surface area contributed by atoms with Crippen molar-refractivity contribution in [3.63, 3.8) is 0 Å². The van der Waals surface area contributed by atoms with Crippen molar-refractivity contribution < 1.29 is 10.2 Å². The summed E-state index contributed by atoms with van der Waals surface area (Å²) in [5, 5.41) is 19.4. The molecule has 2 aromatic carbocycles. The monoisotopic (exact) mass is 284 g/mol. The molecule has 2 rings (SSSR count). The van der Waals surface area contributed by atoms with Crippen molar-refractivity contribution in [2.45, 2.75) is 44.9 Å². The van der Waals surface area contributed by atoms with E-state index in [1.54, 1.807) is 12.1 Å². The fourth-order valence-electron chi connectivity index (χ4n) is 2.61. The molecule has 0 heterocycles. The highest BCUT2D eigenvalue weighted by Crippen LogP contribution is 2.20. The minimum Gasteiger partial charge on any atom is -0.508 e. The van der Waals surface area contributed by atoms with Crippen LogP contribution in [0.15, 0.2) is 48.5 Å². The Morgan fingerprint density at radius 1 is 0.524 bits per heavy atom. The van der Waals surface area contributed by atoms with Crippen molar-refractivity contribution in [1.82, 2.24) is 0 Å². The lowest BCUT2D eigenvalue weighted by atomic mass is 10.0. The van der Waals surface area contributed by atoms with E-state index in [0.717, 1.165) is 36.8 Å². The number of rotatable bonds is 8. The van der Waals surface area contributed by atoms with Crippen LogP contribution in [0.25, 0.3) is 0 Å². The second-order valence-corrected chi connectivity index (χ2v) is 5.53. The molecule has 2 N–H and O–H groups in total. The predicted molar refractivity (Wildman–Crippen MR) is 86.7 cm³/mol. The summed E-state index contributed by atoms with van der Waals surface area (Å²) < 4.78 is 0. The normalized spacial score (nSPS) is 10.7. The smallest absolute Gasteiger partial charge is 0.118 e. The predicted octanol–water partition coefficient (Wildman–Crippen LogP) is 4.83. The Kier molecular flexibility index (Phi) is 6.14. The van der Waals surface area contributed by atoms with Crippen molar-refractivity contribution in [2.75, 3.05) is 0 Å². The van der Waals surface area contributed by atoms with Crippen LogP contribution >= 0.6 is 0 Å². The molecule has 0 saturated heterocycles. The summed E-state index contributed by atoms with van der Waals surface area (Å²) in [6, 6.07) is 15.2.